The summed E-state index contributed by atoms with van der Waals surface area (Å²) in [6, 6.07) is 17.0. The summed E-state index contributed by atoms with van der Waals surface area (Å²) < 4.78 is 5.61. The van der Waals surface area contributed by atoms with Crippen LogP contribution in [-0.4, -0.2) is 12.5 Å². The number of primary amides is 1. The number of nitrogens with two attached hydrogens (primary N) is 1. The molecule has 20 heavy (non-hydrogen) atoms. The van der Waals surface area contributed by atoms with Crippen molar-refractivity contribution in [3.63, 3.8) is 0 Å². The molecule has 2 rings (SSSR count). The van der Waals surface area contributed by atoms with Crippen LogP contribution in [0.1, 0.15) is 22.8 Å². The summed E-state index contributed by atoms with van der Waals surface area (Å²) in [6.45, 7) is 2.42. The second-order valence-corrected chi connectivity index (χ2v) is 4.42. The zero-order chi connectivity index (χ0) is 14.4. The highest BCUT2D eigenvalue weighted by molar-refractivity contribution is 5.95. The minimum absolute atomic E-state index is 0.394. The Hall–Kier alpha value is -2.55. The smallest absolute Gasteiger partial charge is 0.252 e. The van der Waals surface area contributed by atoms with Gasteiger partial charge in [0.05, 0.1) is 5.56 Å². The molecule has 0 fully saturated rings. The average Bonchev–Trinajstić information content (AvgIpc) is 2.48. The van der Waals surface area contributed by atoms with E-state index in [2.05, 4.69) is 0 Å². The fourth-order valence-corrected chi connectivity index (χ4v) is 1.87. The number of carbonyl (C=O) groups is 1. The van der Waals surface area contributed by atoms with Crippen LogP contribution in [-0.2, 0) is 0 Å². The maximum Gasteiger partial charge on any atom is 0.252 e. The van der Waals surface area contributed by atoms with Gasteiger partial charge in [0.1, 0.15) is 12.4 Å². The van der Waals surface area contributed by atoms with E-state index in [1.54, 1.807) is 18.2 Å². The van der Waals surface area contributed by atoms with Gasteiger partial charge in [0, 0.05) is 0 Å². The molecule has 0 spiro atoms. The van der Waals surface area contributed by atoms with Crippen molar-refractivity contribution in [3.8, 4) is 5.75 Å². The van der Waals surface area contributed by atoms with Crippen molar-refractivity contribution in [2.75, 3.05) is 6.61 Å². The number of amides is 1. The van der Waals surface area contributed by atoms with Gasteiger partial charge in [0.25, 0.3) is 5.91 Å². The van der Waals surface area contributed by atoms with Crippen molar-refractivity contribution in [1.29, 1.82) is 0 Å². The molecule has 2 aromatic rings. The van der Waals surface area contributed by atoms with Gasteiger partial charge < -0.3 is 10.5 Å². The number of hydrogen-bond donors (Lipinski definition) is 1. The summed E-state index contributed by atoms with van der Waals surface area (Å²) in [5, 5.41) is 0. The molecule has 0 aliphatic carbocycles. The number of allylic oxidation sites excluding steroid dienone is 1. The number of para-hydroxylation sites is 1. The standard InChI is InChI=1S/C17H17NO2/c1-13(14-7-3-2-4-8-14)11-12-20-16-10-6-5-9-15(16)17(18)19/h2-11H,12H2,1H3,(H2,18,19)/b13-11-. The molecule has 0 bridgehead atoms. The maximum atomic E-state index is 11.3. The highest BCUT2D eigenvalue weighted by atomic mass is 16.5. The summed E-state index contributed by atoms with van der Waals surface area (Å²) in [7, 11) is 0. The molecule has 0 saturated heterocycles. The van der Waals surface area contributed by atoms with Crippen molar-refractivity contribution >= 4 is 11.5 Å². The third kappa shape index (κ3) is 3.48. The van der Waals surface area contributed by atoms with E-state index < -0.39 is 5.91 Å². The molecular formula is C17H17NO2. The fraction of sp³-hybridized carbons (Fsp3) is 0.118. The topological polar surface area (TPSA) is 52.3 Å². The Balaban J connectivity index is 2.05. The Labute approximate surface area is 118 Å². The van der Waals surface area contributed by atoms with E-state index in [1.165, 1.54) is 0 Å². The van der Waals surface area contributed by atoms with Crippen molar-refractivity contribution in [1.82, 2.24) is 0 Å². The predicted octanol–water partition coefficient (Wildman–Crippen LogP) is 3.27. The third-order valence-electron chi connectivity index (χ3n) is 3.01. The molecule has 3 heteroatoms. The molecular weight excluding hydrogens is 250 g/mol. The van der Waals surface area contributed by atoms with Crippen LogP contribution in [0.15, 0.2) is 60.7 Å². The molecule has 0 aliphatic heterocycles. The molecule has 3 nitrogen and oxygen atoms in total. The summed E-state index contributed by atoms with van der Waals surface area (Å²) >= 11 is 0. The molecule has 0 radical (unpaired) electrons. The molecule has 102 valence electrons. The molecule has 0 heterocycles. The van der Waals surface area contributed by atoms with Gasteiger partial charge in [-0.3, -0.25) is 4.79 Å². The first kappa shape index (κ1) is 13.9. The SMILES string of the molecule is C/C(=C/COc1ccccc1C(N)=O)c1ccccc1. The number of ether oxygens (including phenoxy) is 1. The first-order chi connectivity index (χ1) is 9.68. The molecule has 0 saturated carbocycles. The Morgan fingerprint density at radius 3 is 2.45 bits per heavy atom. The van der Waals surface area contributed by atoms with Crippen molar-refractivity contribution in [2.45, 2.75) is 6.92 Å². The van der Waals surface area contributed by atoms with E-state index in [-0.39, 0.29) is 0 Å². The number of benzene rings is 2. The predicted molar refractivity (Wildman–Crippen MR) is 80.5 cm³/mol. The lowest BCUT2D eigenvalue weighted by Crippen LogP contribution is -2.13. The van der Waals surface area contributed by atoms with Crippen LogP contribution in [0.4, 0.5) is 0 Å². The largest absolute Gasteiger partial charge is 0.489 e. The van der Waals surface area contributed by atoms with E-state index in [1.807, 2.05) is 49.4 Å². The van der Waals surface area contributed by atoms with Crippen LogP contribution < -0.4 is 10.5 Å². The lowest BCUT2D eigenvalue weighted by atomic mass is 10.1. The molecule has 2 N–H and O–H groups in total. The highest BCUT2D eigenvalue weighted by Gasteiger charge is 2.07. The minimum Gasteiger partial charge on any atom is -0.489 e. The first-order valence-electron chi connectivity index (χ1n) is 6.42. The zero-order valence-electron chi connectivity index (χ0n) is 11.4. The lowest BCUT2D eigenvalue weighted by molar-refractivity contribution is 0.0997. The molecule has 0 atom stereocenters. The summed E-state index contributed by atoms with van der Waals surface area (Å²) in [4.78, 5) is 11.3. The van der Waals surface area contributed by atoms with Gasteiger partial charge in [-0.2, -0.15) is 0 Å². The summed E-state index contributed by atoms with van der Waals surface area (Å²) in [6.07, 6.45) is 1.98. The highest BCUT2D eigenvalue weighted by Crippen LogP contribution is 2.18. The van der Waals surface area contributed by atoms with Crippen LogP contribution in [0.25, 0.3) is 5.57 Å². The van der Waals surface area contributed by atoms with Gasteiger partial charge in [0.2, 0.25) is 0 Å². The van der Waals surface area contributed by atoms with E-state index in [0.29, 0.717) is 17.9 Å². The first-order valence-corrected chi connectivity index (χ1v) is 6.42. The monoisotopic (exact) mass is 267 g/mol. The van der Waals surface area contributed by atoms with Gasteiger partial charge in [-0.1, -0.05) is 42.5 Å². The van der Waals surface area contributed by atoms with Gasteiger partial charge in [-0.05, 0) is 36.3 Å². The van der Waals surface area contributed by atoms with Crippen molar-refractivity contribution in [2.24, 2.45) is 5.73 Å². The Morgan fingerprint density at radius 2 is 1.75 bits per heavy atom. The number of carbonyl (C=O) groups excluding carboxylic acids is 1. The van der Waals surface area contributed by atoms with Crippen LogP contribution in [0.2, 0.25) is 0 Å². The molecule has 0 unspecified atom stereocenters. The zero-order valence-corrected chi connectivity index (χ0v) is 11.4. The van der Waals surface area contributed by atoms with Crippen LogP contribution in [0, 0.1) is 0 Å². The quantitative estimate of drug-likeness (QED) is 0.904. The van der Waals surface area contributed by atoms with E-state index in [0.717, 1.165) is 11.1 Å². The second kappa shape index (κ2) is 6.57. The molecule has 0 aliphatic rings. The summed E-state index contributed by atoms with van der Waals surface area (Å²) in [5.74, 6) is 0.0291. The third-order valence-corrected chi connectivity index (χ3v) is 3.01. The molecule has 1 amide bonds. The minimum atomic E-state index is -0.482. The van der Waals surface area contributed by atoms with Gasteiger partial charge in [-0.25, -0.2) is 0 Å². The van der Waals surface area contributed by atoms with E-state index in [9.17, 15) is 4.79 Å². The number of rotatable bonds is 5. The van der Waals surface area contributed by atoms with Crippen molar-refractivity contribution in [3.05, 3.63) is 71.8 Å². The maximum absolute atomic E-state index is 11.3. The average molecular weight is 267 g/mol. The Kier molecular flexibility index (Phi) is 4.56. The van der Waals surface area contributed by atoms with Gasteiger partial charge >= 0.3 is 0 Å². The second-order valence-electron chi connectivity index (χ2n) is 4.42. The summed E-state index contributed by atoms with van der Waals surface area (Å²) in [5.41, 5.74) is 7.98. The van der Waals surface area contributed by atoms with Crippen LogP contribution in [0.5, 0.6) is 5.75 Å². The molecule has 2 aromatic carbocycles. The van der Waals surface area contributed by atoms with E-state index in [4.69, 9.17) is 10.5 Å². The van der Waals surface area contributed by atoms with Gasteiger partial charge in [-0.15, -0.1) is 0 Å². The van der Waals surface area contributed by atoms with Crippen molar-refractivity contribution < 1.29 is 9.53 Å². The Morgan fingerprint density at radius 1 is 1.10 bits per heavy atom. The van der Waals surface area contributed by atoms with Gasteiger partial charge in [0.15, 0.2) is 0 Å². The fourth-order valence-electron chi connectivity index (χ4n) is 1.87. The van der Waals surface area contributed by atoms with E-state index >= 15 is 0 Å². The lowest BCUT2D eigenvalue weighted by Gasteiger charge is -2.08. The van der Waals surface area contributed by atoms with Crippen LogP contribution in [0.3, 0.4) is 0 Å². The number of hydrogen-bond acceptors (Lipinski definition) is 2. The Bertz CT molecular complexity index is 618. The van der Waals surface area contributed by atoms with Crippen LogP contribution >= 0.6 is 0 Å². The molecule has 0 aromatic heterocycles. The normalized spacial score (nSPS) is 11.2.